The van der Waals surface area contributed by atoms with Gasteiger partial charge in [-0.1, -0.05) is 0 Å². The van der Waals surface area contributed by atoms with Crippen LogP contribution in [0.15, 0.2) is 12.1 Å². The number of aldehydes is 1. The number of aromatic nitrogens is 1. The van der Waals surface area contributed by atoms with Crippen molar-refractivity contribution in [3.8, 4) is 0 Å². The van der Waals surface area contributed by atoms with Gasteiger partial charge in [0.1, 0.15) is 5.69 Å². The van der Waals surface area contributed by atoms with Crippen molar-refractivity contribution >= 4 is 12.3 Å². The molecule has 0 radical (unpaired) electrons. The second-order valence-corrected chi connectivity index (χ2v) is 2.77. The summed E-state index contributed by atoms with van der Waals surface area (Å²) in [4.78, 5) is 25.8. The van der Waals surface area contributed by atoms with Crippen molar-refractivity contribution in [2.75, 3.05) is 14.2 Å². The van der Waals surface area contributed by atoms with Crippen LogP contribution in [0.5, 0.6) is 0 Å². The third kappa shape index (κ3) is 2.60. The number of hydrogen-bond acceptors (Lipinski definition) is 5. The first-order valence-corrected chi connectivity index (χ1v) is 4.25. The van der Waals surface area contributed by atoms with E-state index in [1.165, 1.54) is 26.4 Å². The second-order valence-electron chi connectivity index (χ2n) is 2.77. The molecule has 80 valence electrons. The maximum absolute atomic E-state index is 11.2. The van der Waals surface area contributed by atoms with Gasteiger partial charge in [0.25, 0.3) is 0 Å². The van der Waals surface area contributed by atoms with E-state index in [-0.39, 0.29) is 12.3 Å². The predicted octanol–water partition coefficient (Wildman–Crippen LogP) is 0.827. The van der Waals surface area contributed by atoms with Crippen molar-refractivity contribution in [2.45, 2.75) is 6.61 Å². The van der Waals surface area contributed by atoms with E-state index >= 15 is 0 Å². The van der Waals surface area contributed by atoms with Crippen molar-refractivity contribution in [3.05, 3.63) is 29.1 Å². The van der Waals surface area contributed by atoms with Crippen LogP contribution in [0.4, 0.5) is 0 Å². The molecule has 0 bridgehead atoms. The fourth-order valence-corrected chi connectivity index (χ4v) is 1.09. The molecule has 0 aliphatic heterocycles. The molecule has 5 heteroatoms. The van der Waals surface area contributed by atoms with Gasteiger partial charge in [-0.25, -0.2) is 9.78 Å². The van der Waals surface area contributed by atoms with Crippen molar-refractivity contribution in [1.82, 2.24) is 4.98 Å². The van der Waals surface area contributed by atoms with E-state index in [2.05, 4.69) is 9.72 Å². The van der Waals surface area contributed by atoms with Crippen molar-refractivity contribution in [1.29, 1.82) is 0 Å². The lowest BCUT2D eigenvalue weighted by Gasteiger charge is -2.04. The van der Waals surface area contributed by atoms with Crippen LogP contribution in [0, 0.1) is 0 Å². The molecular weight excluding hydrogens is 198 g/mol. The molecule has 0 spiro atoms. The van der Waals surface area contributed by atoms with Crippen LogP contribution < -0.4 is 0 Å². The summed E-state index contributed by atoms with van der Waals surface area (Å²) in [7, 11) is 2.76. The zero-order chi connectivity index (χ0) is 11.3. The van der Waals surface area contributed by atoms with Gasteiger partial charge in [-0.05, 0) is 12.1 Å². The van der Waals surface area contributed by atoms with Gasteiger partial charge in [0.15, 0.2) is 6.29 Å². The zero-order valence-electron chi connectivity index (χ0n) is 8.52. The standard InChI is InChI=1S/C10H11NO4/c1-14-6-9-7(5-12)3-4-8(11-9)10(13)15-2/h3-5H,6H2,1-2H3. The number of nitrogens with zero attached hydrogens (tertiary/aromatic N) is 1. The summed E-state index contributed by atoms with van der Waals surface area (Å²) in [6.45, 7) is 0.179. The number of methoxy groups -OCH3 is 2. The number of hydrogen-bond donors (Lipinski definition) is 0. The van der Waals surface area contributed by atoms with Gasteiger partial charge < -0.3 is 9.47 Å². The number of ether oxygens (including phenoxy) is 2. The summed E-state index contributed by atoms with van der Waals surface area (Å²) in [5.74, 6) is -0.537. The summed E-state index contributed by atoms with van der Waals surface area (Å²) in [6.07, 6.45) is 0.669. The van der Waals surface area contributed by atoms with Gasteiger partial charge in [0, 0.05) is 12.7 Å². The van der Waals surface area contributed by atoms with Crippen molar-refractivity contribution in [3.63, 3.8) is 0 Å². The highest BCUT2D eigenvalue weighted by atomic mass is 16.5. The summed E-state index contributed by atoms with van der Waals surface area (Å²) in [5.41, 5.74) is 0.995. The minimum Gasteiger partial charge on any atom is -0.464 e. The number of esters is 1. The summed E-state index contributed by atoms with van der Waals surface area (Å²) >= 11 is 0. The van der Waals surface area contributed by atoms with Gasteiger partial charge in [0.05, 0.1) is 19.4 Å². The van der Waals surface area contributed by atoms with E-state index in [0.717, 1.165) is 0 Å². The van der Waals surface area contributed by atoms with Gasteiger partial charge in [0.2, 0.25) is 0 Å². The summed E-state index contributed by atoms with van der Waals surface area (Å²) in [6, 6.07) is 2.95. The smallest absolute Gasteiger partial charge is 0.356 e. The molecule has 5 nitrogen and oxygen atoms in total. The lowest BCUT2D eigenvalue weighted by Crippen LogP contribution is -2.08. The Morgan fingerprint density at radius 2 is 2.20 bits per heavy atom. The van der Waals surface area contributed by atoms with Gasteiger partial charge in [-0.2, -0.15) is 0 Å². The lowest BCUT2D eigenvalue weighted by atomic mass is 10.2. The molecule has 0 saturated carbocycles. The third-order valence-electron chi connectivity index (χ3n) is 1.81. The molecule has 0 aliphatic carbocycles. The molecule has 1 heterocycles. The van der Waals surface area contributed by atoms with Crippen LogP contribution in [0.1, 0.15) is 26.5 Å². The Kier molecular flexibility index (Phi) is 3.93. The van der Waals surface area contributed by atoms with Crippen LogP contribution in [0.2, 0.25) is 0 Å². The Labute approximate surface area is 87.0 Å². The van der Waals surface area contributed by atoms with E-state index in [9.17, 15) is 9.59 Å². The number of carbonyl (C=O) groups is 2. The molecule has 0 atom stereocenters. The fourth-order valence-electron chi connectivity index (χ4n) is 1.09. The van der Waals surface area contributed by atoms with Crippen LogP contribution in [0.25, 0.3) is 0 Å². The SMILES string of the molecule is COCc1nc(C(=O)OC)ccc1C=O. The topological polar surface area (TPSA) is 65.5 Å². The summed E-state index contributed by atoms with van der Waals surface area (Å²) < 4.78 is 9.38. The van der Waals surface area contributed by atoms with E-state index in [0.29, 0.717) is 17.5 Å². The van der Waals surface area contributed by atoms with Gasteiger partial charge >= 0.3 is 5.97 Å². The van der Waals surface area contributed by atoms with Gasteiger partial charge in [-0.3, -0.25) is 4.79 Å². The van der Waals surface area contributed by atoms with E-state index < -0.39 is 5.97 Å². The predicted molar refractivity (Wildman–Crippen MR) is 51.7 cm³/mol. The molecule has 0 N–H and O–H groups in total. The average Bonchev–Trinajstić information content (AvgIpc) is 2.28. The second kappa shape index (κ2) is 5.21. The Balaban J connectivity index is 3.09. The Bertz CT molecular complexity index is 376. The minimum atomic E-state index is -0.537. The number of carbonyl (C=O) groups excluding carboxylic acids is 2. The molecule has 0 unspecified atom stereocenters. The first-order chi connectivity index (χ1) is 7.22. The Morgan fingerprint density at radius 3 is 2.73 bits per heavy atom. The molecule has 1 aromatic heterocycles. The van der Waals surface area contributed by atoms with E-state index in [1.54, 1.807) is 0 Å². The average molecular weight is 209 g/mol. The molecule has 0 fully saturated rings. The van der Waals surface area contributed by atoms with Crippen LogP contribution in [-0.4, -0.2) is 31.5 Å². The minimum absolute atomic E-state index is 0.162. The molecule has 1 aromatic rings. The maximum Gasteiger partial charge on any atom is 0.356 e. The molecule has 15 heavy (non-hydrogen) atoms. The molecule has 0 saturated heterocycles. The quantitative estimate of drug-likeness (QED) is 0.542. The fraction of sp³-hybridized carbons (Fsp3) is 0.300. The zero-order valence-corrected chi connectivity index (χ0v) is 8.52. The molecule has 1 rings (SSSR count). The number of pyridine rings is 1. The highest BCUT2D eigenvalue weighted by Crippen LogP contribution is 2.07. The normalized spacial score (nSPS) is 9.73. The van der Waals surface area contributed by atoms with Crippen LogP contribution in [0.3, 0.4) is 0 Å². The Morgan fingerprint density at radius 1 is 1.47 bits per heavy atom. The largest absolute Gasteiger partial charge is 0.464 e. The molecule has 0 aromatic carbocycles. The van der Waals surface area contributed by atoms with E-state index in [1.807, 2.05) is 0 Å². The van der Waals surface area contributed by atoms with Gasteiger partial charge in [-0.15, -0.1) is 0 Å². The Hall–Kier alpha value is -1.75. The highest BCUT2D eigenvalue weighted by molar-refractivity contribution is 5.88. The highest BCUT2D eigenvalue weighted by Gasteiger charge is 2.10. The first-order valence-electron chi connectivity index (χ1n) is 4.25. The van der Waals surface area contributed by atoms with Crippen molar-refractivity contribution in [2.24, 2.45) is 0 Å². The first kappa shape index (κ1) is 11.3. The lowest BCUT2D eigenvalue weighted by molar-refractivity contribution is 0.0592. The molecule has 0 amide bonds. The molecular formula is C10H11NO4. The monoisotopic (exact) mass is 209 g/mol. The van der Waals surface area contributed by atoms with E-state index in [4.69, 9.17) is 4.74 Å². The van der Waals surface area contributed by atoms with Crippen LogP contribution in [-0.2, 0) is 16.1 Å². The third-order valence-corrected chi connectivity index (χ3v) is 1.81. The summed E-state index contributed by atoms with van der Waals surface area (Å²) in [5, 5.41) is 0. The van der Waals surface area contributed by atoms with Crippen molar-refractivity contribution < 1.29 is 19.1 Å². The number of rotatable bonds is 4. The molecule has 0 aliphatic rings. The maximum atomic E-state index is 11.2. The van der Waals surface area contributed by atoms with Crippen LogP contribution >= 0.6 is 0 Å².